The molecule has 17 heavy (non-hydrogen) atoms. The summed E-state index contributed by atoms with van der Waals surface area (Å²) < 4.78 is 0. The first-order valence-electron chi connectivity index (χ1n) is 6.15. The van der Waals surface area contributed by atoms with Crippen molar-refractivity contribution in [3.05, 3.63) is 35.9 Å². The number of hydrogen-bond acceptors (Lipinski definition) is 1. The van der Waals surface area contributed by atoms with E-state index in [2.05, 4.69) is 28.2 Å². The summed E-state index contributed by atoms with van der Waals surface area (Å²) in [5, 5.41) is 3.08. The summed E-state index contributed by atoms with van der Waals surface area (Å²) in [6.45, 7) is 2.10. The van der Waals surface area contributed by atoms with Crippen molar-refractivity contribution in [3.8, 4) is 0 Å². The second-order valence-electron chi connectivity index (χ2n) is 4.79. The third-order valence-electron chi connectivity index (χ3n) is 3.24. The van der Waals surface area contributed by atoms with Crippen molar-refractivity contribution >= 4 is 21.8 Å². The number of hydrogen-bond donors (Lipinski definition) is 1. The summed E-state index contributed by atoms with van der Waals surface area (Å²) in [5.74, 6) is 0.809. The molecule has 1 fully saturated rings. The van der Waals surface area contributed by atoms with Crippen LogP contribution in [0, 0.1) is 5.92 Å². The van der Waals surface area contributed by atoms with Crippen molar-refractivity contribution < 1.29 is 4.79 Å². The van der Waals surface area contributed by atoms with Crippen LogP contribution in [0.5, 0.6) is 0 Å². The van der Waals surface area contributed by atoms with Gasteiger partial charge in [0.15, 0.2) is 0 Å². The number of benzene rings is 1. The molecule has 1 aliphatic carbocycles. The van der Waals surface area contributed by atoms with E-state index in [-0.39, 0.29) is 10.7 Å². The standard InChI is InChI=1S/C14H18BrNO/c1-10(12-7-8-12)16-14(17)13(15)9-11-5-3-2-4-6-11/h2-6,10,12-13H,7-9H2,1H3,(H,16,17). The lowest BCUT2D eigenvalue weighted by Gasteiger charge is -2.16. The minimum Gasteiger partial charge on any atom is -0.352 e. The first-order valence-corrected chi connectivity index (χ1v) is 7.07. The fraction of sp³-hybridized carbons (Fsp3) is 0.500. The van der Waals surface area contributed by atoms with E-state index in [1.807, 2.05) is 30.3 Å². The Morgan fingerprint density at radius 2 is 2.06 bits per heavy atom. The molecule has 0 aromatic heterocycles. The van der Waals surface area contributed by atoms with Crippen LogP contribution in [0.2, 0.25) is 0 Å². The predicted octanol–water partition coefficient (Wildman–Crippen LogP) is 2.91. The monoisotopic (exact) mass is 295 g/mol. The van der Waals surface area contributed by atoms with E-state index in [9.17, 15) is 4.79 Å². The largest absolute Gasteiger partial charge is 0.352 e. The van der Waals surface area contributed by atoms with Gasteiger partial charge in [-0.05, 0) is 37.7 Å². The maximum Gasteiger partial charge on any atom is 0.234 e. The highest BCUT2D eigenvalue weighted by molar-refractivity contribution is 9.10. The summed E-state index contributed by atoms with van der Waals surface area (Å²) >= 11 is 3.47. The first kappa shape index (κ1) is 12.6. The number of alkyl halides is 1. The van der Waals surface area contributed by atoms with E-state index in [1.54, 1.807) is 0 Å². The molecule has 0 spiro atoms. The van der Waals surface area contributed by atoms with Gasteiger partial charge in [0.2, 0.25) is 5.91 Å². The van der Waals surface area contributed by atoms with Crippen LogP contribution in [0.15, 0.2) is 30.3 Å². The molecule has 0 bridgehead atoms. The normalized spacial score (nSPS) is 18.5. The molecule has 1 aromatic carbocycles. The zero-order valence-corrected chi connectivity index (χ0v) is 11.6. The summed E-state index contributed by atoms with van der Waals surface area (Å²) in [4.78, 5) is 11.8. The molecule has 2 atom stereocenters. The van der Waals surface area contributed by atoms with Gasteiger partial charge < -0.3 is 5.32 Å². The Labute approximate surface area is 111 Å². The van der Waals surface area contributed by atoms with Crippen molar-refractivity contribution in [3.63, 3.8) is 0 Å². The lowest BCUT2D eigenvalue weighted by atomic mass is 10.1. The molecule has 0 radical (unpaired) electrons. The molecule has 2 unspecified atom stereocenters. The molecule has 0 heterocycles. The predicted molar refractivity (Wildman–Crippen MR) is 73.2 cm³/mol. The molecule has 2 rings (SSSR count). The van der Waals surface area contributed by atoms with E-state index < -0.39 is 0 Å². The maximum absolute atomic E-state index is 11.9. The fourth-order valence-corrected chi connectivity index (χ4v) is 2.45. The third kappa shape index (κ3) is 3.84. The third-order valence-corrected chi connectivity index (χ3v) is 3.98. The van der Waals surface area contributed by atoms with Gasteiger partial charge in [0.25, 0.3) is 0 Å². The van der Waals surface area contributed by atoms with Crippen molar-refractivity contribution in [2.24, 2.45) is 5.92 Å². The molecule has 3 heteroatoms. The van der Waals surface area contributed by atoms with Gasteiger partial charge in [-0.25, -0.2) is 0 Å². The van der Waals surface area contributed by atoms with Crippen molar-refractivity contribution in [1.29, 1.82) is 0 Å². The molecule has 2 nitrogen and oxygen atoms in total. The number of nitrogens with one attached hydrogen (secondary N) is 1. The van der Waals surface area contributed by atoms with E-state index in [4.69, 9.17) is 0 Å². The quantitative estimate of drug-likeness (QED) is 0.832. The second kappa shape index (κ2) is 5.67. The molecule has 1 saturated carbocycles. The van der Waals surface area contributed by atoms with Crippen LogP contribution >= 0.6 is 15.9 Å². The molecule has 1 aliphatic rings. The molecule has 0 aliphatic heterocycles. The number of halogens is 1. The number of amides is 1. The SMILES string of the molecule is CC(NC(=O)C(Br)Cc1ccccc1)C1CC1. The molecule has 1 amide bonds. The smallest absolute Gasteiger partial charge is 0.234 e. The number of rotatable bonds is 5. The van der Waals surface area contributed by atoms with Gasteiger partial charge in [-0.1, -0.05) is 46.3 Å². The van der Waals surface area contributed by atoms with Gasteiger partial charge in [-0.3, -0.25) is 4.79 Å². The van der Waals surface area contributed by atoms with Crippen LogP contribution in [0.25, 0.3) is 0 Å². The van der Waals surface area contributed by atoms with Gasteiger partial charge >= 0.3 is 0 Å². The highest BCUT2D eigenvalue weighted by atomic mass is 79.9. The number of carbonyl (C=O) groups is 1. The average Bonchev–Trinajstić information content (AvgIpc) is 3.14. The summed E-state index contributed by atoms with van der Waals surface area (Å²) in [5.41, 5.74) is 1.18. The zero-order chi connectivity index (χ0) is 12.3. The Morgan fingerprint density at radius 3 is 2.65 bits per heavy atom. The second-order valence-corrected chi connectivity index (χ2v) is 5.90. The molecule has 1 aromatic rings. The van der Waals surface area contributed by atoms with Gasteiger partial charge in [0, 0.05) is 6.04 Å². The van der Waals surface area contributed by atoms with Crippen LogP contribution in [-0.4, -0.2) is 16.8 Å². The van der Waals surface area contributed by atoms with Crippen LogP contribution in [0.4, 0.5) is 0 Å². The highest BCUT2D eigenvalue weighted by Gasteiger charge is 2.30. The topological polar surface area (TPSA) is 29.1 Å². The summed E-state index contributed by atoms with van der Waals surface area (Å²) in [7, 11) is 0. The molecular weight excluding hydrogens is 278 g/mol. The molecule has 92 valence electrons. The van der Waals surface area contributed by atoms with E-state index in [0.29, 0.717) is 12.0 Å². The van der Waals surface area contributed by atoms with E-state index in [0.717, 1.165) is 6.42 Å². The maximum atomic E-state index is 11.9. The minimum absolute atomic E-state index is 0.105. The Balaban J connectivity index is 1.82. The Hall–Kier alpha value is -0.830. The van der Waals surface area contributed by atoms with Gasteiger partial charge in [-0.2, -0.15) is 0 Å². The van der Waals surface area contributed by atoms with Gasteiger partial charge in [-0.15, -0.1) is 0 Å². The molecule has 1 N–H and O–H groups in total. The fourth-order valence-electron chi connectivity index (χ4n) is 1.94. The van der Waals surface area contributed by atoms with E-state index in [1.165, 1.54) is 18.4 Å². The van der Waals surface area contributed by atoms with Crippen molar-refractivity contribution in [2.75, 3.05) is 0 Å². The van der Waals surface area contributed by atoms with E-state index >= 15 is 0 Å². The van der Waals surface area contributed by atoms with Gasteiger partial charge in [0.05, 0.1) is 4.83 Å². The lowest BCUT2D eigenvalue weighted by molar-refractivity contribution is -0.121. The lowest BCUT2D eigenvalue weighted by Crippen LogP contribution is -2.39. The van der Waals surface area contributed by atoms with Crippen LogP contribution < -0.4 is 5.32 Å². The summed E-state index contributed by atoms with van der Waals surface area (Å²) in [6.07, 6.45) is 3.25. The van der Waals surface area contributed by atoms with Crippen LogP contribution in [-0.2, 0) is 11.2 Å². The Bertz CT molecular complexity index is 375. The average molecular weight is 296 g/mol. The van der Waals surface area contributed by atoms with Crippen LogP contribution in [0.1, 0.15) is 25.3 Å². The Morgan fingerprint density at radius 1 is 1.41 bits per heavy atom. The first-order chi connectivity index (χ1) is 8.16. The minimum atomic E-state index is -0.133. The van der Waals surface area contributed by atoms with Crippen LogP contribution in [0.3, 0.4) is 0 Å². The molecule has 0 saturated heterocycles. The summed E-state index contributed by atoms with van der Waals surface area (Å²) in [6, 6.07) is 10.4. The zero-order valence-electron chi connectivity index (χ0n) is 10.0. The number of carbonyl (C=O) groups excluding carboxylic acids is 1. The van der Waals surface area contributed by atoms with Crippen molar-refractivity contribution in [2.45, 2.75) is 37.1 Å². The Kier molecular flexibility index (Phi) is 4.21. The highest BCUT2D eigenvalue weighted by Crippen LogP contribution is 2.32. The van der Waals surface area contributed by atoms with Gasteiger partial charge in [0.1, 0.15) is 0 Å². The molecular formula is C14H18BrNO. The van der Waals surface area contributed by atoms with Crippen molar-refractivity contribution in [1.82, 2.24) is 5.32 Å².